The molecule has 1 amide bonds. The number of aryl methyl sites for hydroxylation is 1. The molecule has 0 spiro atoms. The summed E-state index contributed by atoms with van der Waals surface area (Å²) in [6, 6.07) is 13.3. The van der Waals surface area contributed by atoms with Crippen LogP contribution in [0, 0.1) is 5.82 Å². The highest BCUT2D eigenvalue weighted by molar-refractivity contribution is 9.10. The number of aromatic nitrogens is 1. The van der Waals surface area contributed by atoms with Crippen molar-refractivity contribution in [2.24, 2.45) is 0 Å². The van der Waals surface area contributed by atoms with Gasteiger partial charge in [-0.3, -0.25) is 4.79 Å². The molecule has 24 heavy (non-hydrogen) atoms. The highest BCUT2D eigenvalue weighted by atomic mass is 79.9. The number of oxazole rings is 1. The fourth-order valence-electron chi connectivity index (χ4n) is 2.15. The van der Waals surface area contributed by atoms with Crippen LogP contribution in [0.3, 0.4) is 0 Å². The lowest BCUT2D eigenvalue weighted by atomic mass is 10.2. The molecule has 3 aromatic rings. The molecule has 6 heteroatoms. The van der Waals surface area contributed by atoms with E-state index in [4.69, 9.17) is 4.42 Å². The first-order valence-corrected chi connectivity index (χ1v) is 8.15. The van der Waals surface area contributed by atoms with Crippen molar-refractivity contribution in [2.75, 3.05) is 5.32 Å². The fourth-order valence-corrected chi connectivity index (χ4v) is 2.41. The van der Waals surface area contributed by atoms with E-state index in [1.165, 1.54) is 12.1 Å². The normalized spacial score (nSPS) is 10.6. The maximum Gasteiger partial charge on any atom is 0.224 e. The van der Waals surface area contributed by atoms with Gasteiger partial charge in [-0.25, -0.2) is 9.37 Å². The molecule has 1 aromatic heterocycles. The second-order valence-corrected chi connectivity index (χ2v) is 6.10. The molecule has 0 aliphatic rings. The first-order chi connectivity index (χ1) is 11.6. The number of amides is 1. The summed E-state index contributed by atoms with van der Waals surface area (Å²) < 4.78 is 19.5. The SMILES string of the molecule is O=C(CCc1ncc(-c2ccc(F)cc2)o1)Nc1ccc(Br)cc1. The van der Waals surface area contributed by atoms with E-state index >= 15 is 0 Å². The van der Waals surface area contributed by atoms with Crippen LogP contribution in [0.15, 0.2) is 63.6 Å². The molecule has 1 heterocycles. The van der Waals surface area contributed by atoms with Gasteiger partial charge in [-0.1, -0.05) is 15.9 Å². The Kier molecular flexibility index (Phi) is 5.05. The van der Waals surface area contributed by atoms with E-state index in [1.54, 1.807) is 18.3 Å². The molecule has 1 N–H and O–H groups in total. The van der Waals surface area contributed by atoms with Crippen molar-refractivity contribution in [1.29, 1.82) is 0 Å². The van der Waals surface area contributed by atoms with E-state index in [0.717, 1.165) is 15.7 Å². The maximum absolute atomic E-state index is 12.9. The van der Waals surface area contributed by atoms with Crippen LogP contribution in [0.4, 0.5) is 10.1 Å². The number of anilines is 1. The number of hydrogen-bond donors (Lipinski definition) is 1. The highest BCUT2D eigenvalue weighted by Gasteiger charge is 2.09. The predicted molar refractivity (Wildman–Crippen MR) is 93.0 cm³/mol. The summed E-state index contributed by atoms with van der Waals surface area (Å²) >= 11 is 3.34. The van der Waals surface area contributed by atoms with Gasteiger partial charge in [0.05, 0.1) is 6.20 Å². The Bertz CT molecular complexity index is 829. The van der Waals surface area contributed by atoms with Crippen molar-refractivity contribution in [3.05, 3.63) is 70.9 Å². The average Bonchev–Trinajstić information content (AvgIpc) is 3.05. The molecule has 0 atom stereocenters. The van der Waals surface area contributed by atoms with Crippen LogP contribution in [-0.4, -0.2) is 10.9 Å². The van der Waals surface area contributed by atoms with Crippen molar-refractivity contribution in [3.8, 4) is 11.3 Å². The van der Waals surface area contributed by atoms with E-state index in [0.29, 0.717) is 18.1 Å². The minimum Gasteiger partial charge on any atom is -0.441 e. The van der Waals surface area contributed by atoms with Gasteiger partial charge in [0.15, 0.2) is 11.7 Å². The van der Waals surface area contributed by atoms with Gasteiger partial charge in [-0.15, -0.1) is 0 Å². The Morgan fingerprint density at radius 2 is 1.83 bits per heavy atom. The number of nitrogens with one attached hydrogen (secondary N) is 1. The average molecular weight is 389 g/mol. The number of carbonyl (C=O) groups is 1. The molecule has 2 aromatic carbocycles. The summed E-state index contributed by atoms with van der Waals surface area (Å²) in [5.41, 5.74) is 1.48. The van der Waals surface area contributed by atoms with Crippen LogP contribution in [0.25, 0.3) is 11.3 Å². The van der Waals surface area contributed by atoms with Crippen LogP contribution in [-0.2, 0) is 11.2 Å². The lowest BCUT2D eigenvalue weighted by Gasteiger charge is -2.04. The third-order valence-corrected chi connectivity index (χ3v) is 3.90. The monoisotopic (exact) mass is 388 g/mol. The summed E-state index contributed by atoms with van der Waals surface area (Å²) in [6.07, 6.45) is 2.23. The topological polar surface area (TPSA) is 55.1 Å². The minimum absolute atomic E-state index is 0.112. The Morgan fingerprint density at radius 3 is 2.54 bits per heavy atom. The molecule has 0 radical (unpaired) electrons. The van der Waals surface area contributed by atoms with Gasteiger partial charge in [0.1, 0.15) is 5.82 Å². The quantitative estimate of drug-likeness (QED) is 0.681. The lowest BCUT2D eigenvalue weighted by Crippen LogP contribution is -2.12. The van der Waals surface area contributed by atoms with Crippen molar-refractivity contribution in [3.63, 3.8) is 0 Å². The maximum atomic E-state index is 12.9. The zero-order valence-electron chi connectivity index (χ0n) is 12.6. The molecule has 0 unspecified atom stereocenters. The Hall–Kier alpha value is -2.47. The van der Waals surface area contributed by atoms with Gasteiger partial charge in [0, 0.05) is 28.6 Å². The van der Waals surface area contributed by atoms with Crippen LogP contribution in [0.2, 0.25) is 0 Å². The third-order valence-electron chi connectivity index (χ3n) is 3.38. The van der Waals surface area contributed by atoms with E-state index < -0.39 is 0 Å². The van der Waals surface area contributed by atoms with E-state index in [9.17, 15) is 9.18 Å². The number of rotatable bonds is 5. The smallest absolute Gasteiger partial charge is 0.224 e. The zero-order chi connectivity index (χ0) is 16.9. The number of benzene rings is 2. The molecule has 122 valence electrons. The third kappa shape index (κ3) is 4.29. The molecule has 0 aliphatic heterocycles. The summed E-state index contributed by atoms with van der Waals surface area (Å²) in [5.74, 6) is 0.612. The Morgan fingerprint density at radius 1 is 1.12 bits per heavy atom. The van der Waals surface area contributed by atoms with Gasteiger partial charge in [0.25, 0.3) is 0 Å². The lowest BCUT2D eigenvalue weighted by molar-refractivity contribution is -0.116. The molecule has 0 saturated carbocycles. The first-order valence-electron chi connectivity index (χ1n) is 7.36. The van der Waals surface area contributed by atoms with Crippen LogP contribution < -0.4 is 5.32 Å². The molecule has 0 fully saturated rings. The Balaban J connectivity index is 1.56. The van der Waals surface area contributed by atoms with Crippen LogP contribution in [0.5, 0.6) is 0 Å². The van der Waals surface area contributed by atoms with Crippen molar-refractivity contribution < 1.29 is 13.6 Å². The summed E-state index contributed by atoms with van der Waals surface area (Å²) in [5, 5.41) is 2.81. The van der Waals surface area contributed by atoms with Crippen molar-refractivity contribution in [2.45, 2.75) is 12.8 Å². The summed E-state index contributed by atoms with van der Waals surface area (Å²) in [7, 11) is 0. The molecular formula is C18H14BrFN2O2. The Labute approximate surface area is 146 Å². The van der Waals surface area contributed by atoms with Crippen LogP contribution in [0.1, 0.15) is 12.3 Å². The van der Waals surface area contributed by atoms with Gasteiger partial charge in [-0.2, -0.15) is 0 Å². The zero-order valence-corrected chi connectivity index (χ0v) is 14.2. The summed E-state index contributed by atoms with van der Waals surface area (Å²) in [6.45, 7) is 0. The van der Waals surface area contributed by atoms with E-state index in [2.05, 4.69) is 26.2 Å². The number of carbonyl (C=O) groups excluding carboxylic acids is 1. The molecule has 4 nitrogen and oxygen atoms in total. The number of nitrogens with zero attached hydrogens (tertiary/aromatic N) is 1. The number of hydrogen-bond acceptors (Lipinski definition) is 3. The first kappa shape index (κ1) is 16.4. The molecular weight excluding hydrogens is 375 g/mol. The second-order valence-electron chi connectivity index (χ2n) is 5.18. The second kappa shape index (κ2) is 7.40. The van der Waals surface area contributed by atoms with E-state index in [-0.39, 0.29) is 18.1 Å². The molecule has 3 rings (SSSR count). The summed E-state index contributed by atoms with van der Waals surface area (Å²) in [4.78, 5) is 16.1. The van der Waals surface area contributed by atoms with Gasteiger partial charge in [0.2, 0.25) is 5.91 Å². The molecule has 0 aliphatic carbocycles. The minimum atomic E-state index is -0.303. The largest absolute Gasteiger partial charge is 0.441 e. The van der Waals surface area contributed by atoms with Crippen molar-refractivity contribution >= 4 is 27.5 Å². The fraction of sp³-hybridized carbons (Fsp3) is 0.111. The highest BCUT2D eigenvalue weighted by Crippen LogP contribution is 2.21. The standard InChI is InChI=1S/C18H14BrFN2O2/c19-13-3-7-15(8-4-13)22-17(23)9-10-18-21-11-16(24-18)12-1-5-14(20)6-2-12/h1-8,11H,9-10H2,(H,22,23). The number of halogens is 2. The van der Waals surface area contributed by atoms with Crippen molar-refractivity contribution in [1.82, 2.24) is 4.98 Å². The molecule has 0 saturated heterocycles. The van der Waals surface area contributed by atoms with Gasteiger partial charge >= 0.3 is 0 Å². The van der Waals surface area contributed by atoms with E-state index in [1.807, 2.05) is 24.3 Å². The molecule has 0 bridgehead atoms. The van der Waals surface area contributed by atoms with Crippen LogP contribution >= 0.6 is 15.9 Å². The predicted octanol–water partition coefficient (Wildman–Crippen LogP) is 4.81. The van der Waals surface area contributed by atoms with Gasteiger partial charge in [-0.05, 0) is 48.5 Å². The van der Waals surface area contributed by atoms with Gasteiger partial charge < -0.3 is 9.73 Å².